The Morgan fingerprint density at radius 3 is 2.03 bits per heavy atom. The number of methoxy groups -OCH3 is 1. The lowest BCUT2D eigenvalue weighted by Gasteiger charge is -2.20. The summed E-state index contributed by atoms with van der Waals surface area (Å²) in [4.78, 5) is 12.0. The van der Waals surface area contributed by atoms with Gasteiger partial charge in [0.25, 0.3) is 0 Å². The molecule has 0 unspecified atom stereocenters. The van der Waals surface area contributed by atoms with Gasteiger partial charge in [0.15, 0.2) is 0 Å². The molecule has 0 heterocycles. The molecule has 1 amide bonds. The molecule has 2 fully saturated rings. The predicted molar refractivity (Wildman–Crippen MR) is 123 cm³/mol. The number of hydrogen-bond acceptors (Lipinski definition) is 2. The molecule has 0 saturated heterocycles. The Labute approximate surface area is 176 Å². The Kier molecular flexibility index (Phi) is 10.3. The highest BCUT2D eigenvalue weighted by Crippen LogP contribution is 2.40. The van der Waals surface area contributed by atoms with Gasteiger partial charge < -0.3 is 10.1 Å². The van der Waals surface area contributed by atoms with E-state index in [-0.39, 0.29) is 5.91 Å². The summed E-state index contributed by atoms with van der Waals surface area (Å²) in [6.45, 7) is 4.00. The average molecular weight is 396 g/mol. The smallest absolute Gasteiger partial charge is 0.224 e. The van der Waals surface area contributed by atoms with E-state index in [9.17, 15) is 4.79 Å². The summed E-state index contributed by atoms with van der Waals surface area (Å²) >= 11 is 0. The van der Waals surface area contributed by atoms with Crippen LogP contribution in [-0.4, -0.2) is 13.0 Å². The summed E-state index contributed by atoms with van der Waals surface area (Å²) in [6.07, 6.45) is 9.76. The molecular weight excluding hydrogens is 358 g/mol. The highest BCUT2D eigenvalue weighted by molar-refractivity contribution is 5.90. The third kappa shape index (κ3) is 8.72. The summed E-state index contributed by atoms with van der Waals surface area (Å²) in [6, 6.07) is 18.1. The van der Waals surface area contributed by atoms with Gasteiger partial charge in [-0.1, -0.05) is 63.4 Å². The second kappa shape index (κ2) is 13.0. The maximum Gasteiger partial charge on any atom is 0.224 e. The molecule has 2 aromatic rings. The van der Waals surface area contributed by atoms with Gasteiger partial charge in [0.1, 0.15) is 5.75 Å². The van der Waals surface area contributed by atoms with Crippen molar-refractivity contribution in [2.24, 2.45) is 5.92 Å². The largest absolute Gasteiger partial charge is 0.497 e. The van der Waals surface area contributed by atoms with Gasteiger partial charge in [-0.25, -0.2) is 0 Å². The molecule has 4 rings (SSSR count). The van der Waals surface area contributed by atoms with Crippen LogP contribution >= 0.6 is 0 Å². The fourth-order valence-electron chi connectivity index (χ4n) is 3.68. The average Bonchev–Trinajstić information content (AvgIpc) is 3.63. The second-order valence-corrected chi connectivity index (χ2v) is 7.67. The number of hydrogen-bond donors (Lipinski definition) is 1. The van der Waals surface area contributed by atoms with Gasteiger partial charge in [0, 0.05) is 12.1 Å². The van der Waals surface area contributed by atoms with Crippen molar-refractivity contribution in [2.75, 3.05) is 12.4 Å². The Balaban J connectivity index is 0.000000252. The zero-order valence-corrected chi connectivity index (χ0v) is 18.3. The topological polar surface area (TPSA) is 38.3 Å². The summed E-state index contributed by atoms with van der Waals surface area (Å²) in [7, 11) is 1.66. The number of para-hydroxylation sites is 1. The van der Waals surface area contributed by atoms with Gasteiger partial charge in [-0.2, -0.15) is 0 Å². The lowest BCUT2D eigenvalue weighted by molar-refractivity contribution is -0.117. The second-order valence-electron chi connectivity index (χ2n) is 7.67. The Bertz CT molecular complexity index is 686. The fourth-order valence-corrected chi connectivity index (χ4v) is 3.68. The van der Waals surface area contributed by atoms with Crippen LogP contribution in [0.3, 0.4) is 0 Å². The number of ether oxygens (including phenoxy) is 1. The molecule has 2 aromatic carbocycles. The van der Waals surface area contributed by atoms with Crippen LogP contribution in [0.1, 0.15) is 76.7 Å². The molecule has 0 atom stereocenters. The molecule has 2 saturated carbocycles. The minimum Gasteiger partial charge on any atom is -0.497 e. The van der Waals surface area contributed by atoms with E-state index in [2.05, 4.69) is 17.4 Å². The molecule has 0 spiro atoms. The normalized spacial score (nSPS) is 15.8. The third-order valence-electron chi connectivity index (χ3n) is 5.42. The monoisotopic (exact) mass is 395 g/mol. The van der Waals surface area contributed by atoms with Crippen molar-refractivity contribution < 1.29 is 9.53 Å². The number of carbonyl (C=O) groups excluding carboxylic acids is 1. The lowest BCUT2D eigenvalue weighted by atomic mass is 9.87. The minimum absolute atomic E-state index is 0.186. The van der Waals surface area contributed by atoms with Crippen LogP contribution in [0.15, 0.2) is 54.6 Å². The molecular formula is C26H37NO2. The van der Waals surface area contributed by atoms with Crippen LogP contribution in [-0.2, 0) is 4.79 Å². The van der Waals surface area contributed by atoms with E-state index in [1.165, 1.54) is 50.5 Å². The number of amides is 1. The van der Waals surface area contributed by atoms with Gasteiger partial charge in [0.05, 0.1) is 7.11 Å². The zero-order valence-electron chi connectivity index (χ0n) is 18.3. The molecule has 0 aromatic heterocycles. The first-order valence-electron chi connectivity index (χ1n) is 11.2. The molecule has 2 aliphatic carbocycles. The Morgan fingerprint density at radius 2 is 1.52 bits per heavy atom. The van der Waals surface area contributed by atoms with E-state index in [0.29, 0.717) is 12.3 Å². The molecule has 29 heavy (non-hydrogen) atoms. The molecule has 158 valence electrons. The van der Waals surface area contributed by atoms with Crippen molar-refractivity contribution in [3.63, 3.8) is 0 Å². The van der Waals surface area contributed by atoms with Gasteiger partial charge >= 0.3 is 0 Å². The summed E-state index contributed by atoms with van der Waals surface area (Å²) < 4.78 is 4.91. The van der Waals surface area contributed by atoms with E-state index < -0.39 is 0 Å². The fraction of sp³-hybridized carbons (Fsp3) is 0.500. The molecule has 0 aliphatic heterocycles. The SMILES string of the molecule is CC.COc1ccccc1.O=C(CC1CCCCC1)Nc1ccc(C2CC2)cc1. The van der Waals surface area contributed by atoms with Crippen LogP contribution in [0.2, 0.25) is 0 Å². The summed E-state index contributed by atoms with van der Waals surface area (Å²) in [5.41, 5.74) is 2.37. The van der Waals surface area contributed by atoms with Gasteiger partial charge in [-0.15, -0.1) is 0 Å². The minimum atomic E-state index is 0.186. The van der Waals surface area contributed by atoms with Crippen LogP contribution in [0.4, 0.5) is 5.69 Å². The van der Waals surface area contributed by atoms with Crippen LogP contribution in [0, 0.1) is 5.92 Å². The first-order valence-corrected chi connectivity index (χ1v) is 11.2. The van der Waals surface area contributed by atoms with Gasteiger partial charge in [0.2, 0.25) is 5.91 Å². The van der Waals surface area contributed by atoms with Gasteiger partial charge in [-0.3, -0.25) is 4.79 Å². The van der Waals surface area contributed by atoms with E-state index in [1.54, 1.807) is 7.11 Å². The van der Waals surface area contributed by atoms with Crippen molar-refractivity contribution in [3.05, 3.63) is 60.2 Å². The van der Waals surface area contributed by atoms with Crippen molar-refractivity contribution in [3.8, 4) is 5.75 Å². The van der Waals surface area contributed by atoms with E-state index in [0.717, 1.165) is 17.4 Å². The van der Waals surface area contributed by atoms with Crippen molar-refractivity contribution in [1.82, 2.24) is 0 Å². The number of benzene rings is 2. The highest BCUT2D eigenvalue weighted by Gasteiger charge is 2.23. The van der Waals surface area contributed by atoms with Crippen molar-refractivity contribution in [2.45, 2.75) is 71.1 Å². The maximum absolute atomic E-state index is 12.0. The lowest BCUT2D eigenvalue weighted by Crippen LogP contribution is -2.18. The molecule has 0 radical (unpaired) electrons. The number of anilines is 1. The van der Waals surface area contributed by atoms with E-state index in [1.807, 2.05) is 56.3 Å². The maximum atomic E-state index is 12.0. The van der Waals surface area contributed by atoms with E-state index >= 15 is 0 Å². The highest BCUT2D eigenvalue weighted by atomic mass is 16.5. The molecule has 1 N–H and O–H groups in total. The first-order chi connectivity index (χ1) is 14.2. The number of carbonyl (C=O) groups is 1. The molecule has 3 nitrogen and oxygen atoms in total. The van der Waals surface area contributed by atoms with Crippen LogP contribution in [0.25, 0.3) is 0 Å². The quantitative estimate of drug-likeness (QED) is 0.581. The first kappa shape index (κ1) is 23.0. The molecule has 2 aliphatic rings. The Hall–Kier alpha value is -2.29. The molecule has 0 bridgehead atoms. The predicted octanol–water partition coefficient (Wildman–Crippen LogP) is 7.19. The Morgan fingerprint density at radius 1 is 0.897 bits per heavy atom. The standard InChI is InChI=1S/C17H23NO.C7H8O.C2H6/c19-17(12-13-4-2-1-3-5-13)18-16-10-8-15(9-11-16)14-6-7-14;1-8-7-5-3-2-4-6-7;1-2/h8-11,13-14H,1-7,12H2,(H,18,19);2-6H,1H3;1-2H3. The summed E-state index contributed by atoms with van der Waals surface area (Å²) in [5, 5.41) is 3.04. The number of rotatable bonds is 5. The summed E-state index contributed by atoms with van der Waals surface area (Å²) in [5.74, 6) is 2.49. The third-order valence-corrected chi connectivity index (χ3v) is 5.42. The van der Waals surface area contributed by atoms with Crippen LogP contribution in [0.5, 0.6) is 5.75 Å². The van der Waals surface area contributed by atoms with Crippen LogP contribution < -0.4 is 10.1 Å². The molecule has 3 heteroatoms. The number of nitrogens with one attached hydrogen (secondary N) is 1. The zero-order chi connectivity index (χ0) is 20.9. The van der Waals surface area contributed by atoms with Crippen molar-refractivity contribution >= 4 is 11.6 Å². The van der Waals surface area contributed by atoms with Gasteiger partial charge in [-0.05, 0) is 67.3 Å². The van der Waals surface area contributed by atoms with Crippen molar-refractivity contribution in [1.29, 1.82) is 0 Å². The van der Waals surface area contributed by atoms with E-state index in [4.69, 9.17) is 4.74 Å².